The van der Waals surface area contributed by atoms with Crippen LogP contribution in [0.4, 0.5) is 4.39 Å². The minimum Gasteiger partial charge on any atom is -0.288 e. The van der Waals surface area contributed by atoms with Crippen LogP contribution in [0.2, 0.25) is 0 Å². The number of carbonyl (C=O) groups is 1. The van der Waals surface area contributed by atoms with E-state index in [4.69, 9.17) is 0 Å². The molecule has 0 fully saturated rings. The fourth-order valence-electron chi connectivity index (χ4n) is 0.879. The maximum atomic E-state index is 13.2. The van der Waals surface area contributed by atoms with Gasteiger partial charge in [0.2, 0.25) is 0 Å². The summed E-state index contributed by atoms with van der Waals surface area (Å²) in [6.07, 6.45) is 0. The molecule has 0 aliphatic carbocycles. The van der Waals surface area contributed by atoms with Gasteiger partial charge in [0.05, 0.1) is 11.3 Å². The van der Waals surface area contributed by atoms with Crippen molar-refractivity contribution in [1.29, 1.82) is 0 Å². The molecule has 0 amide bonds. The Hall–Kier alpha value is -0.790. The van der Waals surface area contributed by atoms with E-state index in [1.165, 1.54) is 13.0 Å². The van der Waals surface area contributed by atoms with Gasteiger partial charge in [0.25, 0.3) is 0 Å². The van der Waals surface area contributed by atoms with Gasteiger partial charge in [0, 0.05) is 11.4 Å². The van der Waals surface area contributed by atoms with Crippen LogP contribution in [-0.4, -0.2) is 10.9 Å². The Kier molecular flexibility index (Phi) is 4.86. The molecule has 0 unspecified atom stereocenters. The van der Waals surface area contributed by atoms with Gasteiger partial charge in [-0.2, -0.15) is 0 Å². The van der Waals surface area contributed by atoms with Crippen molar-refractivity contribution in [3.05, 3.63) is 34.1 Å². The van der Waals surface area contributed by atoms with E-state index in [0.717, 1.165) is 11.8 Å². The van der Waals surface area contributed by atoms with Crippen LogP contribution in [0, 0.1) is 17.7 Å². The molecular formula is C11H8BrFOS. The zero-order valence-electron chi connectivity index (χ0n) is 8.01. The third-order valence-electron chi connectivity index (χ3n) is 1.52. The molecule has 1 aromatic rings. The maximum absolute atomic E-state index is 13.2. The van der Waals surface area contributed by atoms with Gasteiger partial charge in [0.1, 0.15) is 5.82 Å². The molecule has 0 aliphatic heterocycles. The first-order valence-electron chi connectivity index (χ1n) is 4.17. The summed E-state index contributed by atoms with van der Waals surface area (Å²) in [7, 11) is 0. The Bertz CT molecular complexity index is 414. The second kappa shape index (κ2) is 5.94. The molecule has 0 radical (unpaired) electrons. The summed E-state index contributed by atoms with van der Waals surface area (Å²) in [6.45, 7) is 1.48. The zero-order valence-corrected chi connectivity index (χ0v) is 10.4. The summed E-state index contributed by atoms with van der Waals surface area (Å²) in [5.74, 6) is 5.46. The molecule has 0 bridgehead atoms. The fraction of sp³-hybridized carbons (Fsp3) is 0.182. The lowest BCUT2D eigenvalue weighted by molar-refractivity contribution is -0.109. The van der Waals surface area contributed by atoms with E-state index in [9.17, 15) is 9.18 Å². The molecule has 0 N–H and O–H groups in total. The number of hydrogen-bond acceptors (Lipinski definition) is 2. The number of benzene rings is 1. The average molecular weight is 287 g/mol. The van der Waals surface area contributed by atoms with Crippen LogP contribution in [0.3, 0.4) is 0 Å². The summed E-state index contributed by atoms with van der Waals surface area (Å²) in [6, 6.07) is 4.69. The highest BCUT2D eigenvalue weighted by atomic mass is 79.9. The topological polar surface area (TPSA) is 17.1 Å². The van der Waals surface area contributed by atoms with Crippen LogP contribution in [0.5, 0.6) is 0 Å². The smallest absolute Gasteiger partial charge is 0.186 e. The summed E-state index contributed by atoms with van der Waals surface area (Å²) in [4.78, 5) is 10.6. The largest absolute Gasteiger partial charge is 0.288 e. The summed E-state index contributed by atoms with van der Waals surface area (Å²) >= 11 is 4.32. The van der Waals surface area contributed by atoms with Crippen molar-refractivity contribution in [2.24, 2.45) is 0 Å². The monoisotopic (exact) mass is 286 g/mol. The molecule has 78 valence electrons. The van der Waals surface area contributed by atoms with Crippen LogP contribution in [-0.2, 0) is 4.79 Å². The van der Waals surface area contributed by atoms with Gasteiger partial charge in [-0.25, -0.2) is 4.39 Å². The zero-order chi connectivity index (χ0) is 11.3. The molecule has 15 heavy (non-hydrogen) atoms. The third-order valence-corrected chi connectivity index (χ3v) is 2.88. The third kappa shape index (κ3) is 4.06. The molecule has 0 atom stereocenters. The highest BCUT2D eigenvalue weighted by Gasteiger charge is 2.01. The number of carbonyl (C=O) groups excluding carboxylic acids is 1. The number of hydrogen-bond donors (Lipinski definition) is 0. The first-order valence-corrected chi connectivity index (χ1v) is 5.95. The molecule has 0 saturated heterocycles. The lowest BCUT2D eigenvalue weighted by Crippen LogP contribution is -1.86. The Morgan fingerprint density at radius 2 is 2.33 bits per heavy atom. The molecule has 0 saturated carbocycles. The number of halogens is 2. The van der Waals surface area contributed by atoms with Crippen molar-refractivity contribution < 1.29 is 9.18 Å². The predicted molar refractivity (Wildman–Crippen MR) is 64.1 cm³/mol. The highest BCUT2D eigenvalue weighted by Crippen LogP contribution is 2.18. The highest BCUT2D eigenvalue weighted by molar-refractivity contribution is 9.10. The molecule has 1 aromatic carbocycles. The minimum atomic E-state index is -0.357. The Labute approximate surface area is 101 Å². The van der Waals surface area contributed by atoms with Gasteiger partial charge >= 0.3 is 0 Å². The van der Waals surface area contributed by atoms with Crippen molar-refractivity contribution in [3.8, 4) is 11.8 Å². The summed E-state index contributed by atoms with van der Waals surface area (Å²) in [5.41, 5.74) is 0.335. The molecule has 0 heterocycles. The minimum absolute atomic E-state index is 0.0110. The van der Waals surface area contributed by atoms with Gasteiger partial charge in [-0.05, 0) is 28.1 Å². The van der Waals surface area contributed by atoms with E-state index in [2.05, 4.69) is 27.8 Å². The van der Waals surface area contributed by atoms with Crippen molar-refractivity contribution in [3.63, 3.8) is 0 Å². The van der Waals surface area contributed by atoms with Gasteiger partial charge < -0.3 is 0 Å². The van der Waals surface area contributed by atoms with Crippen molar-refractivity contribution in [1.82, 2.24) is 0 Å². The molecule has 0 aliphatic rings. The number of thioether (sulfide) groups is 1. The summed E-state index contributed by atoms with van der Waals surface area (Å²) < 4.78 is 13.9. The van der Waals surface area contributed by atoms with Crippen molar-refractivity contribution in [2.45, 2.75) is 6.92 Å². The second-order valence-corrected chi connectivity index (χ2v) is 4.69. The average Bonchev–Trinajstić information content (AvgIpc) is 2.15. The van der Waals surface area contributed by atoms with E-state index >= 15 is 0 Å². The SMILES string of the molecule is CC(=O)SCC#Cc1c(F)cccc1Br. The van der Waals surface area contributed by atoms with Crippen LogP contribution in [0.1, 0.15) is 12.5 Å². The van der Waals surface area contributed by atoms with E-state index in [-0.39, 0.29) is 10.9 Å². The van der Waals surface area contributed by atoms with Crippen molar-refractivity contribution in [2.75, 3.05) is 5.75 Å². The molecular weight excluding hydrogens is 279 g/mol. The van der Waals surface area contributed by atoms with E-state index in [1.807, 2.05) is 0 Å². The molecule has 0 spiro atoms. The van der Waals surface area contributed by atoms with E-state index in [1.54, 1.807) is 12.1 Å². The molecule has 0 aromatic heterocycles. The van der Waals surface area contributed by atoms with Gasteiger partial charge in [-0.15, -0.1) is 0 Å². The normalized spacial score (nSPS) is 9.27. The van der Waals surface area contributed by atoms with E-state index in [0.29, 0.717) is 15.8 Å². The quantitative estimate of drug-likeness (QED) is 0.738. The van der Waals surface area contributed by atoms with E-state index < -0.39 is 0 Å². The first-order chi connectivity index (χ1) is 7.11. The van der Waals surface area contributed by atoms with Crippen LogP contribution in [0.15, 0.2) is 22.7 Å². The van der Waals surface area contributed by atoms with Crippen LogP contribution >= 0.6 is 27.7 Å². The Morgan fingerprint density at radius 1 is 1.60 bits per heavy atom. The lowest BCUT2D eigenvalue weighted by atomic mass is 10.2. The van der Waals surface area contributed by atoms with Crippen molar-refractivity contribution >= 4 is 32.8 Å². The summed E-state index contributed by atoms with van der Waals surface area (Å²) in [5, 5.41) is 0.0110. The Balaban J connectivity index is 2.75. The van der Waals surface area contributed by atoms with Crippen LogP contribution in [0.25, 0.3) is 0 Å². The second-order valence-electron chi connectivity index (χ2n) is 2.68. The standard InChI is InChI=1S/C11H8BrFOS/c1-8(14)15-7-3-4-9-10(12)5-2-6-11(9)13/h2,5-6H,7H2,1H3. The Morgan fingerprint density at radius 3 is 2.93 bits per heavy atom. The van der Waals surface area contributed by atoms with Crippen LogP contribution < -0.4 is 0 Å². The van der Waals surface area contributed by atoms with Gasteiger partial charge in [-0.3, -0.25) is 4.79 Å². The number of rotatable bonds is 1. The van der Waals surface area contributed by atoms with Gasteiger partial charge in [-0.1, -0.05) is 29.7 Å². The fourth-order valence-corrected chi connectivity index (χ4v) is 1.67. The molecule has 1 rings (SSSR count). The predicted octanol–water partition coefficient (Wildman–Crippen LogP) is 3.22. The lowest BCUT2D eigenvalue weighted by Gasteiger charge is -1.96. The molecule has 4 heteroatoms. The van der Waals surface area contributed by atoms with Gasteiger partial charge in [0.15, 0.2) is 5.12 Å². The maximum Gasteiger partial charge on any atom is 0.186 e. The molecule has 1 nitrogen and oxygen atoms in total. The first kappa shape index (κ1) is 12.3.